The van der Waals surface area contributed by atoms with E-state index in [0.29, 0.717) is 5.02 Å². The zero-order valence-corrected chi connectivity index (χ0v) is 18.4. The number of hydrogen-bond donors (Lipinski definition) is 1. The standard InChI is InChI=1S/C20H26ClN3O3S/c1-13(19(25)27-6)10-17(23-28(26)20(2,3)4)15-8-7-9-16(21)18(15)14-11-22-24(5)12-14/h7-9,11-12,17,23H,1,10H2,2-6H3. The first-order valence-electron chi connectivity index (χ1n) is 8.76. The zero-order chi connectivity index (χ0) is 21.1. The zero-order valence-electron chi connectivity index (χ0n) is 16.8. The van der Waals surface area contributed by atoms with Gasteiger partial charge in [-0.2, -0.15) is 5.10 Å². The van der Waals surface area contributed by atoms with Crippen molar-refractivity contribution in [2.24, 2.45) is 7.05 Å². The van der Waals surface area contributed by atoms with Gasteiger partial charge in [0.25, 0.3) is 0 Å². The second-order valence-corrected chi connectivity index (χ2v) is 9.86. The Kier molecular flexibility index (Phi) is 7.20. The molecule has 0 bridgehead atoms. The van der Waals surface area contributed by atoms with Crippen molar-refractivity contribution in [3.05, 3.63) is 53.3 Å². The molecule has 1 aromatic heterocycles. The molecule has 2 aromatic rings. The van der Waals surface area contributed by atoms with Crippen molar-refractivity contribution < 1.29 is 13.7 Å². The Balaban J connectivity index is 2.53. The molecule has 6 nitrogen and oxygen atoms in total. The first-order chi connectivity index (χ1) is 13.0. The molecule has 2 atom stereocenters. The van der Waals surface area contributed by atoms with Crippen LogP contribution in [0.25, 0.3) is 11.1 Å². The first kappa shape index (κ1) is 22.3. The summed E-state index contributed by atoms with van der Waals surface area (Å²) < 4.78 is 21.9. The fraction of sp³-hybridized carbons (Fsp3) is 0.400. The van der Waals surface area contributed by atoms with Gasteiger partial charge in [-0.1, -0.05) is 30.3 Å². The van der Waals surface area contributed by atoms with Gasteiger partial charge < -0.3 is 4.74 Å². The number of esters is 1. The number of halogens is 1. The van der Waals surface area contributed by atoms with Crippen LogP contribution in [-0.4, -0.2) is 31.8 Å². The van der Waals surface area contributed by atoms with E-state index in [2.05, 4.69) is 16.4 Å². The average Bonchev–Trinajstić information content (AvgIpc) is 3.05. The van der Waals surface area contributed by atoms with Gasteiger partial charge in [0, 0.05) is 41.0 Å². The van der Waals surface area contributed by atoms with Crippen molar-refractivity contribution in [1.29, 1.82) is 0 Å². The maximum absolute atomic E-state index is 12.8. The highest BCUT2D eigenvalue weighted by Gasteiger charge is 2.28. The molecule has 8 heteroatoms. The number of carbonyl (C=O) groups excluding carboxylic acids is 1. The molecule has 0 spiro atoms. The number of benzene rings is 1. The lowest BCUT2D eigenvalue weighted by atomic mass is 9.93. The number of carbonyl (C=O) groups is 1. The average molecular weight is 424 g/mol. The lowest BCUT2D eigenvalue weighted by Gasteiger charge is -2.26. The van der Waals surface area contributed by atoms with E-state index in [9.17, 15) is 9.00 Å². The number of aromatic nitrogens is 2. The highest BCUT2D eigenvalue weighted by molar-refractivity contribution is 7.84. The summed E-state index contributed by atoms with van der Waals surface area (Å²) in [5.41, 5.74) is 2.70. The van der Waals surface area contributed by atoms with Crippen LogP contribution in [-0.2, 0) is 27.6 Å². The van der Waals surface area contributed by atoms with Crippen molar-refractivity contribution in [2.75, 3.05) is 7.11 Å². The molecule has 0 radical (unpaired) electrons. The van der Waals surface area contributed by atoms with Gasteiger partial charge >= 0.3 is 5.97 Å². The normalized spacial score (nSPS) is 13.8. The number of aryl methyl sites for hydroxylation is 1. The van der Waals surface area contributed by atoms with Crippen molar-refractivity contribution in [3.8, 4) is 11.1 Å². The van der Waals surface area contributed by atoms with E-state index in [1.54, 1.807) is 16.9 Å². The summed E-state index contributed by atoms with van der Waals surface area (Å²) in [6, 6.07) is 5.06. The molecule has 2 unspecified atom stereocenters. The Hall–Kier alpha value is -1.96. The van der Waals surface area contributed by atoms with Gasteiger partial charge in [0.2, 0.25) is 0 Å². The molecule has 0 saturated carbocycles. The van der Waals surface area contributed by atoms with Gasteiger partial charge in [-0.15, -0.1) is 0 Å². The summed E-state index contributed by atoms with van der Waals surface area (Å²) in [6.07, 6.45) is 3.80. The number of nitrogens with zero attached hydrogens (tertiary/aromatic N) is 2. The summed E-state index contributed by atoms with van der Waals surface area (Å²) in [4.78, 5) is 11.9. The van der Waals surface area contributed by atoms with E-state index in [0.717, 1.165) is 16.7 Å². The van der Waals surface area contributed by atoms with Crippen LogP contribution in [0.4, 0.5) is 0 Å². The SMILES string of the molecule is C=C(CC(NS(=O)C(C)(C)C)c1cccc(Cl)c1-c1cnn(C)c1)C(=O)OC. The second kappa shape index (κ2) is 9.03. The summed E-state index contributed by atoms with van der Waals surface area (Å²) in [6.45, 7) is 9.46. The number of ether oxygens (including phenoxy) is 1. The van der Waals surface area contributed by atoms with Crippen LogP contribution in [0.15, 0.2) is 42.7 Å². The van der Waals surface area contributed by atoms with Crippen molar-refractivity contribution in [1.82, 2.24) is 14.5 Å². The van der Waals surface area contributed by atoms with E-state index >= 15 is 0 Å². The lowest BCUT2D eigenvalue weighted by molar-refractivity contribution is -0.136. The highest BCUT2D eigenvalue weighted by atomic mass is 35.5. The summed E-state index contributed by atoms with van der Waals surface area (Å²) >= 11 is 6.52. The third kappa shape index (κ3) is 5.31. The Bertz CT molecular complexity index is 902. The van der Waals surface area contributed by atoms with Gasteiger partial charge in [-0.05, 0) is 38.8 Å². The van der Waals surface area contributed by atoms with Gasteiger partial charge in [-0.25, -0.2) is 13.7 Å². The molecule has 2 rings (SSSR count). The van der Waals surface area contributed by atoms with Crippen LogP contribution in [0, 0.1) is 0 Å². The predicted molar refractivity (Wildman–Crippen MR) is 113 cm³/mol. The molecule has 152 valence electrons. The van der Waals surface area contributed by atoms with Gasteiger partial charge in [0.1, 0.15) is 0 Å². The Morgan fingerprint density at radius 3 is 2.64 bits per heavy atom. The Morgan fingerprint density at radius 2 is 2.11 bits per heavy atom. The minimum atomic E-state index is -1.37. The second-order valence-electron chi connectivity index (χ2n) is 7.46. The Labute approximate surface area is 173 Å². The smallest absolute Gasteiger partial charge is 0.333 e. The molecule has 0 aliphatic heterocycles. The van der Waals surface area contributed by atoms with Crippen LogP contribution < -0.4 is 4.72 Å². The summed E-state index contributed by atoms with van der Waals surface area (Å²) in [5, 5.41) is 4.77. The largest absolute Gasteiger partial charge is 0.466 e. The fourth-order valence-electron chi connectivity index (χ4n) is 2.68. The van der Waals surface area contributed by atoms with Crippen LogP contribution in [0.2, 0.25) is 5.02 Å². The summed E-state index contributed by atoms with van der Waals surface area (Å²) in [7, 11) is 1.76. The van der Waals surface area contributed by atoms with Crippen LogP contribution >= 0.6 is 11.6 Å². The van der Waals surface area contributed by atoms with E-state index in [1.165, 1.54) is 7.11 Å². The minimum absolute atomic E-state index is 0.224. The lowest BCUT2D eigenvalue weighted by Crippen LogP contribution is -2.36. The molecule has 0 fully saturated rings. The monoisotopic (exact) mass is 423 g/mol. The number of nitrogens with one attached hydrogen (secondary N) is 1. The van der Waals surface area contributed by atoms with Gasteiger partial charge in [-0.3, -0.25) is 4.68 Å². The Morgan fingerprint density at radius 1 is 1.43 bits per heavy atom. The van der Waals surface area contributed by atoms with Crippen molar-refractivity contribution in [3.63, 3.8) is 0 Å². The fourth-order valence-corrected chi connectivity index (χ4v) is 3.79. The number of rotatable bonds is 7. The van der Waals surface area contributed by atoms with Gasteiger partial charge in [0.15, 0.2) is 0 Å². The predicted octanol–water partition coefficient (Wildman–Crippen LogP) is 3.95. The highest BCUT2D eigenvalue weighted by Crippen LogP contribution is 2.37. The third-order valence-corrected chi connectivity index (χ3v) is 6.07. The van der Waals surface area contributed by atoms with Crippen LogP contribution in [0.3, 0.4) is 0 Å². The quantitative estimate of drug-likeness (QED) is 0.540. The van der Waals surface area contributed by atoms with E-state index in [4.69, 9.17) is 16.3 Å². The minimum Gasteiger partial charge on any atom is -0.466 e. The molecule has 0 saturated heterocycles. The van der Waals surface area contributed by atoms with E-state index in [1.807, 2.05) is 46.1 Å². The molecule has 1 aromatic carbocycles. The van der Waals surface area contributed by atoms with Crippen LogP contribution in [0.5, 0.6) is 0 Å². The topological polar surface area (TPSA) is 73.2 Å². The number of hydrogen-bond acceptors (Lipinski definition) is 4. The first-order valence-corrected chi connectivity index (χ1v) is 10.3. The molecule has 0 aliphatic carbocycles. The maximum Gasteiger partial charge on any atom is 0.333 e. The van der Waals surface area contributed by atoms with Crippen molar-refractivity contribution >= 4 is 28.6 Å². The van der Waals surface area contributed by atoms with Crippen LogP contribution in [0.1, 0.15) is 38.8 Å². The van der Waals surface area contributed by atoms with Gasteiger partial charge in [0.05, 0.1) is 29.0 Å². The molecule has 28 heavy (non-hydrogen) atoms. The number of methoxy groups -OCH3 is 1. The molecule has 0 aliphatic rings. The van der Waals surface area contributed by atoms with Crippen molar-refractivity contribution in [2.45, 2.75) is 38.0 Å². The molecule has 0 amide bonds. The molecule has 1 heterocycles. The summed E-state index contributed by atoms with van der Waals surface area (Å²) in [5.74, 6) is -0.502. The van der Waals surface area contributed by atoms with E-state index < -0.39 is 27.7 Å². The molecule has 1 N–H and O–H groups in total. The maximum atomic E-state index is 12.8. The molecular formula is C20H26ClN3O3S. The molecular weight excluding hydrogens is 398 g/mol. The van der Waals surface area contributed by atoms with E-state index in [-0.39, 0.29) is 12.0 Å². The third-order valence-electron chi connectivity index (χ3n) is 4.14.